The van der Waals surface area contributed by atoms with Crippen molar-refractivity contribution in [3.63, 3.8) is 0 Å². The van der Waals surface area contributed by atoms with Gasteiger partial charge in [0.15, 0.2) is 0 Å². The van der Waals surface area contributed by atoms with E-state index in [2.05, 4.69) is 0 Å². The van der Waals surface area contributed by atoms with Crippen molar-refractivity contribution in [2.75, 3.05) is 0 Å². The van der Waals surface area contributed by atoms with Crippen LogP contribution in [-0.2, 0) is 17.1 Å². The first-order chi connectivity index (χ1) is 4.90. The first-order valence-electron chi connectivity index (χ1n) is 2.03. The minimum absolute atomic E-state index is 0. The van der Waals surface area contributed by atoms with Gasteiger partial charge in [-0.2, -0.15) is 0 Å². The maximum atomic E-state index is 5.00. The second kappa shape index (κ2) is 4.95. The Morgan fingerprint density at radius 1 is 0.333 bits per heavy atom. The van der Waals surface area contributed by atoms with E-state index in [0.717, 1.165) is 0 Å². The first kappa shape index (κ1) is 24.9. The Hall–Kier alpha value is 4.86. The minimum Gasteiger partial charge on any atom is 2.00 e. The van der Waals surface area contributed by atoms with Gasteiger partial charge >= 0.3 is 156 Å². The molecule has 1 radical (unpaired) electrons. The standard InChI is InChI=1S/2Cl6P.Cu/c2*1-7(2,3,4,5)6;/q2*-1;+2. The zero-order chi connectivity index (χ0) is 12.8. The van der Waals surface area contributed by atoms with Crippen LogP contribution >= 0.6 is 139 Å². The maximum Gasteiger partial charge on any atom is 2.00 e. The van der Waals surface area contributed by atoms with E-state index in [-0.39, 0.29) is 17.1 Å². The predicted molar refractivity (Wildman–Crippen MR) is 84.1 cm³/mol. The molecule has 0 atom stereocenters. The molecule has 0 aliphatic heterocycles. The van der Waals surface area contributed by atoms with E-state index in [0.29, 0.717) is 0 Å². The normalized spacial score (nSPS) is 21.6. The van der Waals surface area contributed by atoms with Gasteiger partial charge in [0.2, 0.25) is 0 Å². The molecule has 0 aromatic rings. The molecule has 0 aromatic carbocycles. The van der Waals surface area contributed by atoms with Crippen LogP contribution in [0.15, 0.2) is 0 Å². The van der Waals surface area contributed by atoms with Gasteiger partial charge in [-0.05, 0) is 0 Å². The van der Waals surface area contributed by atoms with Crippen molar-refractivity contribution in [2.45, 2.75) is 0 Å². The zero-order valence-electron chi connectivity index (χ0n) is 5.73. The fraction of sp³-hybridized carbons (Fsp3) is 0. The smallest absolute Gasteiger partial charge is 2.00 e. The Balaban J connectivity index is -0.000000180. The molecule has 0 aliphatic carbocycles. The van der Waals surface area contributed by atoms with E-state index >= 15 is 0 Å². The van der Waals surface area contributed by atoms with Crippen LogP contribution in [0.2, 0.25) is 0 Å². The third-order valence-electron chi connectivity index (χ3n) is 0. The summed E-state index contributed by atoms with van der Waals surface area (Å²) in [5.74, 6) is 0. The van der Waals surface area contributed by atoms with Crippen molar-refractivity contribution in [1.82, 2.24) is 0 Å². The Bertz CT molecular complexity index is 161. The summed E-state index contributed by atoms with van der Waals surface area (Å²) in [5, 5.41) is 0. The van der Waals surface area contributed by atoms with Crippen molar-refractivity contribution in [1.29, 1.82) is 0 Å². The molecule has 0 spiro atoms. The van der Waals surface area contributed by atoms with E-state index in [9.17, 15) is 0 Å². The third kappa shape index (κ3) is 227. The van der Waals surface area contributed by atoms with Gasteiger partial charge < -0.3 is 0 Å². The number of hydrogen-bond acceptors (Lipinski definition) is 0. The quantitative estimate of drug-likeness (QED) is 0.208. The summed E-state index contributed by atoms with van der Waals surface area (Å²) in [7, 11) is 0. The van der Waals surface area contributed by atoms with Crippen LogP contribution in [0.3, 0.4) is 0 Å². The SMILES string of the molecule is Cl[P-](Cl)(Cl)(Cl)(Cl)Cl.Cl[P-](Cl)(Cl)(Cl)(Cl)Cl.[Cu+2]. The Labute approximate surface area is 154 Å². The fourth-order valence-corrected chi connectivity index (χ4v) is 0. The monoisotopic (exact) mass is 545 g/mol. The van der Waals surface area contributed by atoms with Crippen molar-refractivity contribution in [2.24, 2.45) is 0 Å². The molecule has 0 saturated heterocycles. The van der Waals surface area contributed by atoms with Crippen molar-refractivity contribution >= 4 is 139 Å². The van der Waals surface area contributed by atoms with E-state index in [1.807, 2.05) is 0 Å². The summed E-state index contributed by atoms with van der Waals surface area (Å²) in [6.07, 6.45) is 0. The largest absolute Gasteiger partial charge is 2.00 e. The molecule has 15 heteroatoms. The van der Waals surface area contributed by atoms with Gasteiger partial charge in [0.1, 0.15) is 0 Å². The topological polar surface area (TPSA) is 0 Å². The Morgan fingerprint density at radius 3 is 0.333 bits per heavy atom. The van der Waals surface area contributed by atoms with Gasteiger partial charge in [-0.25, -0.2) is 0 Å². The average molecular weight is 551 g/mol. The van der Waals surface area contributed by atoms with Gasteiger partial charge in [-0.15, -0.1) is 0 Å². The molecule has 0 aromatic heterocycles. The number of halogens is 12. The number of hydrogen-bond donors (Lipinski definition) is 0. The van der Waals surface area contributed by atoms with Crippen LogP contribution < -0.4 is 0 Å². The van der Waals surface area contributed by atoms with E-state index in [1.54, 1.807) is 0 Å². The molecule has 0 nitrogen and oxygen atoms in total. The minimum atomic E-state index is -4.82. The van der Waals surface area contributed by atoms with Gasteiger partial charge in [0.25, 0.3) is 0 Å². The molecule has 0 bridgehead atoms. The number of rotatable bonds is 0. The molecule has 0 rings (SSSR count). The van der Waals surface area contributed by atoms with Crippen LogP contribution in [0.25, 0.3) is 0 Å². The summed E-state index contributed by atoms with van der Waals surface area (Å²) < 4.78 is -9.65. The molecule has 105 valence electrons. The first-order valence-corrected chi connectivity index (χ1v) is 18.3. The molecular weight excluding hydrogens is 551 g/mol. The third-order valence-corrected chi connectivity index (χ3v) is 0. The molecule has 0 heterocycles. The molecule has 15 heavy (non-hydrogen) atoms. The van der Waals surface area contributed by atoms with Crippen LogP contribution in [-0.4, -0.2) is 0 Å². The maximum absolute atomic E-state index is 5.00. The Kier molecular flexibility index (Phi) is 8.20. The summed E-state index contributed by atoms with van der Waals surface area (Å²) >= 11 is 60.1. The van der Waals surface area contributed by atoms with Crippen molar-refractivity contribution in [3.05, 3.63) is 0 Å². The van der Waals surface area contributed by atoms with Crippen LogP contribution in [0.1, 0.15) is 0 Å². The second-order valence-electron chi connectivity index (χ2n) is 1.92. The van der Waals surface area contributed by atoms with Crippen LogP contribution in [0, 0.1) is 0 Å². The molecule has 0 fully saturated rings. The molecule has 0 amide bonds. The molecule has 0 unspecified atom stereocenters. The van der Waals surface area contributed by atoms with Gasteiger partial charge in [0.05, 0.1) is 0 Å². The van der Waals surface area contributed by atoms with Gasteiger partial charge in [-0.1, -0.05) is 0 Å². The van der Waals surface area contributed by atoms with Crippen molar-refractivity contribution in [3.8, 4) is 0 Å². The fourth-order valence-electron chi connectivity index (χ4n) is 0. The average Bonchev–Trinajstić information content (AvgIpc) is 0.938. The Morgan fingerprint density at radius 2 is 0.333 bits per heavy atom. The van der Waals surface area contributed by atoms with E-state index in [4.69, 9.17) is 135 Å². The summed E-state index contributed by atoms with van der Waals surface area (Å²) in [5.41, 5.74) is 0. The van der Waals surface area contributed by atoms with Gasteiger partial charge in [-0.3, -0.25) is 0 Å². The zero-order valence-corrected chi connectivity index (χ0v) is 17.5. The second-order valence-corrected chi connectivity index (χ2v) is 51.7. The van der Waals surface area contributed by atoms with E-state index < -0.39 is 4.12 Å². The molecule has 0 aliphatic rings. The van der Waals surface area contributed by atoms with E-state index in [1.165, 1.54) is 0 Å². The summed E-state index contributed by atoms with van der Waals surface area (Å²) in [6, 6.07) is 0. The van der Waals surface area contributed by atoms with Crippen molar-refractivity contribution < 1.29 is 17.1 Å². The molecule has 0 N–H and O–H groups in total. The molecule has 0 saturated carbocycles. The van der Waals surface area contributed by atoms with Gasteiger partial charge in [0, 0.05) is 0 Å². The predicted octanol–water partition coefficient (Wildman–Crippen LogP) is 9.99. The summed E-state index contributed by atoms with van der Waals surface area (Å²) in [6.45, 7) is 0. The molecular formula is Cl12CuP2. The van der Waals surface area contributed by atoms with Crippen LogP contribution in [0.4, 0.5) is 0 Å². The summed E-state index contributed by atoms with van der Waals surface area (Å²) in [4.78, 5) is 0. The van der Waals surface area contributed by atoms with Crippen LogP contribution in [0.5, 0.6) is 0 Å².